The van der Waals surface area contributed by atoms with Crippen molar-refractivity contribution in [2.45, 2.75) is 25.4 Å². The topological polar surface area (TPSA) is 65.6 Å². The second-order valence-corrected chi connectivity index (χ2v) is 5.30. The molecule has 19 heavy (non-hydrogen) atoms. The summed E-state index contributed by atoms with van der Waals surface area (Å²) in [5.74, 6) is 0.577. The lowest BCUT2D eigenvalue weighted by atomic mass is 10.0. The normalized spacial score (nSPS) is 18.1. The number of pyridine rings is 1. The van der Waals surface area contributed by atoms with Crippen LogP contribution in [0.25, 0.3) is 0 Å². The van der Waals surface area contributed by atoms with E-state index < -0.39 is 0 Å². The summed E-state index contributed by atoms with van der Waals surface area (Å²) < 4.78 is 0. The van der Waals surface area contributed by atoms with Gasteiger partial charge in [0.15, 0.2) is 0 Å². The Hall–Kier alpha value is -1.17. The number of aromatic nitrogens is 1. The van der Waals surface area contributed by atoms with E-state index in [1.165, 1.54) is 18.4 Å². The van der Waals surface area contributed by atoms with Gasteiger partial charge in [-0.05, 0) is 44.6 Å². The maximum Gasteiger partial charge on any atom is 0.123 e. The van der Waals surface area contributed by atoms with Crippen LogP contribution in [0.3, 0.4) is 0 Å². The van der Waals surface area contributed by atoms with Gasteiger partial charge in [0.1, 0.15) is 5.82 Å². The maximum absolute atomic E-state index is 8.97. The third-order valence-electron chi connectivity index (χ3n) is 3.89. The summed E-state index contributed by atoms with van der Waals surface area (Å²) in [7, 11) is 2.10. The van der Waals surface area contributed by atoms with E-state index in [2.05, 4.69) is 21.8 Å². The summed E-state index contributed by atoms with van der Waals surface area (Å²) in [5.41, 5.74) is 6.81. The van der Waals surface area contributed by atoms with E-state index in [0.29, 0.717) is 11.9 Å². The standard InChI is InChI=1S/C14H24N4O/c1-17(8-9-19)13-4-6-18(7-5-13)11-12-2-3-14(15)16-10-12/h2-3,10,13,19H,4-9,11H2,1H3,(H2,15,16). The van der Waals surface area contributed by atoms with Gasteiger partial charge in [-0.1, -0.05) is 6.07 Å². The Morgan fingerprint density at radius 3 is 2.74 bits per heavy atom. The average Bonchev–Trinajstić information content (AvgIpc) is 2.42. The molecular formula is C14H24N4O. The number of likely N-dealkylation sites (N-methyl/N-ethyl adjacent to an activating group) is 1. The third kappa shape index (κ3) is 4.16. The first-order valence-corrected chi connectivity index (χ1v) is 6.93. The minimum absolute atomic E-state index is 0.244. The summed E-state index contributed by atoms with van der Waals surface area (Å²) in [5, 5.41) is 8.97. The fraction of sp³-hybridized carbons (Fsp3) is 0.643. The van der Waals surface area contributed by atoms with E-state index in [4.69, 9.17) is 10.8 Å². The van der Waals surface area contributed by atoms with Crippen molar-refractivity contribution in [2.24, 2.45) is 0 Å². The minimum Gasteiger partial charge on any atom is -0.395 e. The first kappa shape index (κ1) is 14.2. The van der Waals surface area contributed by atoms with Crippen LogP contribution in [-0.2, 0) is 6.54 Å². The van der Waals surface area contributed by atoms with Gasteiger partial charge in [-0.25, -0.2) is 4.98 Å². The molecule has 5 nitrogen and oxygen atoms in total. The highest BCUT2D eigenvalue weighted by Crippen LogP contribution is 2.17. The molecule has 0 aliphatic carbocycles. The van der Waals surface area contributed by atoms with E-state index in [9.17, 15) is 0 Å². The van der Waals surface area contributed by atoms with Gasteiger partial charge in [-0.2, -0.15) is 0 Å². The molecule has 0 aromatic carbocycles. The van der Waals surface area contributed by atoms with Crippen molar-refractivity contribution in [3.05, 3.63) is 23.9 Å². The Bertz CT molecular complexity index is 374. The lowest BCUT2D eigenvalue weighted by molar-refractivity contribution is 0.108. The van der Waals surface area contributed by atoms with Gasteiger partial charge >= 0.3 is 0 Å². The zero-order valence-electron chi connectivity index (χ0n) is 11.6. The molecule has 0 bridgehead atoms. The van der Waals surface area contributed by atoms with Gasteiger partial charge in [-0.15, -0.1) is 0 Å². The summed E-state index contributed by atoms with van der Waals surface area (Å²) >= 11 is 0. The van der Waals surface area contributed by atoms with Gasteiger partial charge in [0.05, 0.1) is 6.61 Å². The van der Waals surface area contributed by atoms with Crippen molar-refractivity contribution in [1.82, 2.24) is 14.8 Å². The summed E-state index contributed by atoms with van der Waals surface area (Å²) in [4.78, 5) is 8.85. The number of nitrogens with zero attached hydrogens (tertiary/aromatic N) is 3. The molecule has 5 heteroatoms. The molecule has 1 aromatic heterocycles. The van der Waals surface area contributed by atoms with Crippen molar-refractivity contribution in [2.75, 3.05) is 39.0 Å². The monoisotopic (exact) mass is 264 g/mol. The summed E-state index contributed by atoms with van der Waals surface area (Å²) in [6.07, 6.45) is 4.19. The number of rotatable bonds is 5. The molecule has 1 saturated heterocycles. The van der Waals surface area contributed by atoms with Crippen molar-refractivity contribution in [1.29, 1.82) is 0 Å². The van der Waals surface area contributed by atoms with Gasteiger partial charge in [0.25, 0.3) is 0 Å². The number of piperidine rings is 1. The lowest BCUT2D eigenvalue weighted by Crippen LogP contribution is -2.43. The Morgan fingerprint density at radius 2 is 2.16 bits per heavy atom. The van der Waals surface area contributed by atoms with Crippen LogP contribution in [0, 0.1) is 0 Å². The number of anilines is 1. The zero-order valence-corrected chi connectivity index (χ0v) is 11.6. The number of hydrogen-bond donors (Lipinski definition) is 2. The van der Waals surface area contributed by atoms with Crippen LogP contribution >= 0.6 is 0 Å². The third-order valence-corrected chi connectivity index (χ3v) is 3.89. The molecule has 0 spiro atoms. The number of likely N-dealkylation sites (tertiary alicyclic amines) is 1. The van der Waals surface area contributed by atoms with E-state index in [-0.39, 0.29) is 6.61 Å². The Morgan fingerprint density at radius 1 is 1.42 bits per heavy atom. The number of aliphatic hydroxyl groups excluding tert-OH is 1. The molecule has 2 heterocycles. The fourth-order valence-electron chi connectivity index (χ4n) is 2.65. The van der Waals surface area contributed by atoms with E-state index in [1.54, 1.807) is 0 Å². The zero-order chi connectivity index (χ0) is 13.7. The largest absolute Gasteiger partial charge is 0.395 e. The Balaban J connectivity index is 1.78. The molecule has 2 rings (SSSR count). The van der Waals surface area contributed by atoms with Gasteiger partial charge < -0.3 is 15.7 Å². The van der Waals surface area contributed by atoms with Crippen LogP contribution in [0.2, 0.25) is 0 Å². The van der Waals surface area contributed by atoms with Crippen molar-refractivity contribution in [3.63, 3.8) is 0 Å². The Kier molecular flexibility index (Phi) is 5.13. The highest BCUT2D eigenvalue weighted by atomic mass is 16.3. The first-order valence-electron chi connectivity index (χ1n) is 6.93. The smallest absolute Gasteiger partial charge is 0.123 e. The number of nitrogen functional groups attached to an aromatic ring is 1. The second kappa shape index (κ2) is 6.84. The van der Waals surface area contributed by atoms with Crippen LogP contribution in [0.5, 0.6) is 0 Å². The molecule has 0 saturated carbocycles. The molecular weight excluding hydrogens is 240 g/mol. The van der Waals surface area contributed by atoms with Crippen LogP contribution in [-0.4, -0.2) is 59.2 Å². The molecule has 1 aliphatic heterocycles. The maximum atomic E-state index is 8.97. The molecule has 1 fully saturated rings. The number of nitrogens with two attached hydrogens (primary N) is 1. The van der Waals surface area contributed by atoms with E-state index in [0.717, 1.165) is 26.2 Å². The fourth-order valence-corrected chi connectivity index (χ4v) is 2.65. The molecule has 0 radical (unpaired) electrons. The minimum atomic E-state index is 0.244. The van der Waals surface area contributed by atoms with E-state index >= 15 is 0 Å². The second-order valence-electron chi connectivity index (χ2n) is 5.30. The SMILES string of the molecule is CN(CCO)C1CCN(Cc2ccc(N)nc2)CC1. The average molecular weight is 264 g/mol. The van der Waals surface area contributed by atoms with Gasteiger partial charge in [0.2, 0.25) is 0 Å². The highest BCUT2D eigenvalue weighted by molar-refractivity contribution is 5.29. The number of aliphatic hydroxyl groups is 1. The van der Waals surface area contributed by atoms with Crippen LogP contribution in [0.4, 0.5) is 5.82 Å². The molecule has 106 valence electrons. The van der Waals surface area contributed by atoms with Crippen LogP contribution < -0.4 is 5.73 Å². The lowest BCUT2D eigenvalue weighted by Gasteiger charge is -2.36. The molecule has 1 aliphatic rings. The summed E-state index contributed by atoms with van der Waals surface area (Å²) in [6, 6.07) is 4.51. The molecule has 3 N–H and O–H groups in total. The first-order chi connectivity index (χ1) is 9.19. The van der Waals surface area contributed by atoms with Gasteiger partial charge in [-0.3, -0.25) is 4.90 Å². The summed E-state index contributed by atoms with van der Waals surface area (Å²) in [6.45, 7) is 4.17. The predicted octanol–water partition coefficient (Wildman–Crippen LogP) is 0.552. The number of hydrogen-bond acceptors (Lipinski definition) is 5. The Labute approximate surface area is 115 Å². The quantitative estimate of drug-likeness (QED) is 0.813. The van der Waals surface area contributed by atoms with Crippen LogP contribution in [0.15, 0.2) is 18.3 Å². The predicted molar refractivity (Wildman–Crippen MR) is 76.7 cm³/mol. The molecule has 0 atom stereocenters. The highest BCUT2D eigenvalue weighted by Gasteiger charge is 2.21. The van der Waals surface area contributed by atoms with Crippen molar-refractivity contribution < 1.29 is 5.11 Å². The van der Waals surface area contributed by atoms with Crippen molar-refractivity contribution >= 4 is 5.82 Å². The van der Waals surface area contributed by atoms with Crippen LogP contribution in [0.1, 0.15) is 18.4 Å². The molecule has 1 aromatic rings. The van der Waals surface area contributed by atoms with Crippen molar-refractivity contribution in [3.8, 4) is 0 Å². The molecule has 0 amide bonds. The van der Waals surface area contributed by atoms with E-state index in [1.807, 2.05) is 18.3 Å². The molecule has 0 unspecified atom stereocenters. The van der Waals surface area contributed by atoms with Gasteiger partial charge in [0, 0.05) is 25.3 Å².